The minimum Gasteiger partial charge on any atom is -0.355 e. The molecule has 5 nitrogen and oxygen atoms in total. The third-order valence-corrected chi connectivity index (χ3v) is 4.08. The van der Waals surface area contributed by atoms with Gasteiger partial charge in [-0.2, -0.15) is 0 Å². The van der Waals surface area contributed by atoms with Crippen molar-refractivity contribution in [2.45, 2.75) is 19.8 Å². The molecular weight excluding hydrogens is 295 g/mol. The van der Waals surface area contributed by atoms with E-state index in [2.05, 4.69) is 27.1 Å². The maximum absolute atomic E-state index is 12.9. The normalized spacial score (nSPS) is 15.5. The first-order valence-electron chi connectivity index (χ1n) is 7.76. The van der Waals surface area contributed by atoms with Gasteiger partial charge >= 0.3 is 0 Å². The molecule has 1 aliphatic heterocycles. The number of amides is 1. The van der Waals surface area contributed by atoms with Gasteiger partial charge in [0, 0.05) is 18.8 Å². The van der Waals surface area contributed by atoms with E-state index in [1.807, 2.05) is 0 Å². The SMILES string of the molecule is CC1CCN(c2cnc(C(=O)Nc3ccc(F)cc3)cn2)CC1. The van der Waals surface area contributed by atoms with E-state index in [1.54, 1.807) is 6.20 Å². The zero-order chi connectivity index (χ0) is 16.2. The second-order valence-electron chi connectivity index (χ2n) is 5.89. The number of carbonyl (C=O) groups excluding carboxylic acids is 1. The zero-order valence-corrected chi connectivity index (χ0v) is 13.0. The quantitative estimate of drug-likeness (QED) is 0.946. The van der Waals surface area contributed by atoms with Crippen molar-refractivity contribution in [2.24, 2.45) is 5.92 Å². The summed E-state index contributed by atoms with van der Waals surface area (Å²) in [5.74, 6) is 0.848. The number of piperidine rings is 1. The van der Waals surface area contributed by atoms with Gasteiger partial charge < -0.3 is 10.2 Å². The molecule has 3 rings (SSSR count). The van der Waals surface area contributed by atoms with Crippen LogP contribution in [0.4, 0.5) is 15.9 Å². The van der Waals surface area contributed by atoms with E-state index in [0.717, 1.165) is 37.7 Å². The number of nitrogens with one attached hydrogen (secondary N) is 1. The van der Waals surface area contributed by atoms with Crippen molar-refractivity contribution in [3.05, 3.63) is 48.2 Å². The van der Waals surface area contributed by atoms with E-state index in [1.165, 1.54) is 30.5 Å². The molecule has 0 saturated carbocycles. The number of rotatable bonds is 3. The molecule has 1 N–H and O–H groups in total. The minimum absolute atomic E-state index is 0.239. The minimum atomic E-state index is -0.358. The Bertz CT molecular complexity index is 664. The molecule has 2 aromatic rings. The highest BCUT2D eigenvalue weighted by molar-refractivity contribution is 6.02. The van der Waals surface area contributed by atoms with Crippen LogP contribution in [0.5, 0.6) is 0 Å². The summed E-state index contributed by atoms with van der Waals surface area (Å²) < 4.78 is 12.9. The molecule has 1 fully saturated rings. The summed E-state index contributed by atoms with van der Waals surface area (Å²) in [5.41, 5.74) is 0.760. The van der Waals surface area contributed by atoms with Gasteiger partial charge in [-0.3, -0.25) is 4.79 Å². The van der Waals surface area contributed by atoms with E-state index >= 15 is 0 Å². The number of hydrogen-bond donors (Lipinski definition) is 1. The fourth-order valence-corrected chi connectivity index (χ4v) is 2.57. The number of carbonyl (C=O) groups is 1. The number of nitrogens with zero attached hydrogens (tertiary/aromatic N) is 3. The molecule has 1 aliphatic rings. The summed E-state index contributed by atoms with van der Waals surface area (Å²) in [5, 5.41) is 2.67. The van der Waals surface area contributed by atoms with Crippen molar-refractivity contribution in [1.82, 2.24) is 9.97 Å². The molecule has 0 bridgehead atoms. The summed E-state index contributed by atoms with van der Waals surface area (Å²) in [7, 11) is 0. The monoisotopic (exact) mass is 314 g/mol. The Labute approximate surface area is 134 Å². The van der Waals surface area contributed by atoms with Gasteiger partial charge in [-0.1, -0.05) is 6.92 Å². The van der Waals surface area contributed by atoms with Crippen molar-refractivity contribution >= 4 is 17.4 Å². The first kappa shape index (κ1) is 15.4. The van der Waals surface area contributed by atoms with Crippen molar-refractivity contribution in [1.29, 1.82) is 0 Å². The maximum atomic E-state index is 12.9. The van der Waals surface area contributed by atoms with E-state index in [9.17, 15) is 9.18 Å². The van der Waals surface area contributed by atoms with Crippen LogP contribution >= 0.6 is 0 Å². The third kappa shape index (κ3) is 3.83. The van der Waals surface area contributed by atoms with Crippen molar-refractivity contribution < 1.29 is 9.18 Å². The summed E-state index contributed by atoms with van der Waals surface area (Å²) in [4.78, 5) is 22.8. The Morgan fingerprint density at radius 3 is 2.48 bits per heavy atom. The molecule has 120 valence electrons. The molecule has 1 amide bonds. The Morgan fingerprint density at radius 2 is 1.87 bits per heavy atom. The zero-order valence-electron chi connectivity index (χ0n) is 13.0. The predicted molar refractivity (Wildman–Crippen MR) is 87.0 cm³/mol. The largest absolute Gasteiger partial charge is 0.355 e. The van der Waals surface area contributed by atoms with Crippen LogP contribution in [0.25, 0.3) is 0 Å². The lowest BCUT2D eigenvalue weighted by molar-refractivity contribution is 0.102. The molecule has 6 heteroatoms. The Hall–Kier alpha value is -2.50. The number of benzene rings is 1. The summed E-state index contributed by atoms with van der Waals surface area (Å²) >= 11 is 0. The molecular formula is C17H19FN4O. The van der Waals surface area contributed by atoms with E-state index in [-0.39, 0.29) is 17.4 Å². The average Bonchev–Trinajstić information content (AvgIpc) is 2.58. The summed E-state index contributed by atoms with van der Waals surface area (Å²) in [6.07, 6.45) is 5.41. The highest BCUT2D eigenvalue weighted by Crippen LogP contribution is 2.20. The summed E-state index contributed by atoms with van der Waals surface area (Å²) in [6.45, 7) is 4.19. The van der Waals surface area contributed by atoms with Crippen LogP contribution in [0.1, 0.15) is 30.3 Å². The number of hydrogen-bond acceptors (Lipinski definition) is 4. The lowest BCUT2D eigenvalue weighted by atomic mass is 9.99. The van der Waals surface area contributed by atoms with Crippen LogP contribution in [0.15, 0.2) is 36.7 Å². The highest BCUT2D eigenvalue weighted by atomic mass is 19.1. The lowest BCUT2D eigenvalue weighted by Crippen LogP contribution is -2.33. The Balaban J connectivity index is 1.64. The Kier molecular flexibility index (Phi) is 4.50. The number of aromatic nitrogens is 2. The molecule has 1 saturated heterocycles. The van der Waals surface area contributed by atoms with Crippen molar-refractivity contribution in [3.63, 3.8) is 0 Å². The van der Waals surface area contributed by atoms with Gasteiger partial charge in [-0.15, -0.1) is 0 Å². The van der Waals surface area contributed by atoms with Crippen LogP contribution in [0, 0.1) is 11.7 Å². The van der Waals surface area contributed by atoms with Gasteiger partial charge in [-0.25, -0.2) is 14.4 Å². The maximum Gasteiger partial charge on any atom is 0.275 e. The second kappa shape index (κ2) is 6.73. The van der Waals surface area contributed by atoms with Crippen LogP contribution in [-0.2, 0) is 0 Å². The average molecular weight is 314 g/mol. The molecule has 0 unspecified atom stereocenters. The van der Waals surface area contributed by atoms with Gasteiger partial charge in [0.1, 0.15) is 17.3 Å². The smallest absolute Gasteiger partial charge is 0.275 e. The predicted octanol–water partition coefficient (Wildman–Crippen LogP) is 3.10. The van der Waals surface area contributed by atoms with E-state index in [4.69, 9.17) is 0 Å². The molecule has 0 aliphatic carbocycles. The standard InChI is InChI=1S/C17H19FN4O/c1-12-6-8-22(9-7-12)16-11-19-15(10-20-16)17(23)21-14-4-2-13(18)3-5-14/h2-5,10-12H,6-9H2,1H3,(H,21,23). The fraction of sp³-hybridized carbons (Fsp3) is 0.353. The first-order valence-corrected chi connectivity index (χ1v) is 7.76. The van der Waals surface area contributed by atoms with Crippen LogP contribution in [0.2, 0.25) is 0 Å². The van der Waals surface area contributed by atoms with Crippen molar-refractivity contribution in [2.75, 3.05) is 23.3 Å². The molecule has 2 heterocycles. The van der Waals surface area contributed by atoms with Crippen molar-refractivity contribution in [3.8, 4) is 0 Å². The molecule has 1 aromatic carbocycles. The fourth-order valence-electron chi connectivity index (χ4n) is 2.57. The molecule has 1 aromatic heterocycles. The highest BCUT2D eigenvalue weighted by Gasteiger charge is 2.17. The third-order valence-electron chi connectivity index (χ3n) is 4.08. The Morgan fingerprint density at radius 1 is 1.17 bits per heavy atom. The van der Waals surface area contributed by atoms with Gasteiger partial charge in [0.25, 0.3) is 5.91 Å². The van der Waals surface area contributed by atoms with E-state index < -0.39 is 0 Å². The lowest BCUT2D eigenvalue weighted by Gasteiger charge is -2.30. The van der Waals surface area contributed by atoms with Gasteiger partial charge in [0.15, 0.2) is 0 Å². The number of halogens is 1. The van der Waals surface area contributed by atoms with Crippen LogP contribution < -0.4 is 10.2 Å². The topological polar surface area (TPSA) is 58.1 Å². The molecule has 23 heavy (non-hydrogen) atoms. The molecule has 0 spiro atoms. The first-order chi connectivity index (χ1) is 11.1. The summed E-state index contributed by atoms with van der Waals surface area (Å²) in [6, 6.07) is 5.59. The molecule has 0 atom stereocenters. The molecule has 0 radical (unpaired) electrons. The van der Waals surface area contributed by atoms with Crippen LogP contribution in [-0.4, -0.2) is 29.0 Å². The second-order valence-corrected chi connectivity index (χ2v) is 5.89. The van der Waals surface area contributed by atoms with Gasteiger partial charge in [0.2, 0.25) is 0 Å². The number of anilines is 2. The van der Waals surface area contributed by atoms with Gasteiger partial charge in [0.05, 0.1) is 12.4 Å². The van der Waals surface area contributed by atoms with Crippen LogP contribution in [0.3, 0.4) is 0 Å². The van der Waals surface area contributed by atoms with Gasteiger partial charge in [-0.05, 0) is 43.0 Å². The van der Waals surface area contributed by atoms with E-state index in [0.29, 0.717) is 5.69 Å².